The maximum atomic E-state index is 13.4. The molecule has 0 fully saturated rings. The zero-order valence-electron chi connectivity index (χ0n) is 49.6. The Balaban J connectivity index is 0.779. The Bertz CT molecular complexity index is 2590. The largest absolute Gasteiger partial charge is 0.491 e. The normalized spacial score (nSPS) is 11.5. The van der Waals surface area contributed by atoms with E-state index in [2.05, 4.69) is 88.1 Å². The Kier molecular flexibility index (Phi) is 31.4. The molecule has 0 spiro atoms. The summed E-state index contributed by atoms with van der Waals surface area (Å²) in [7, 11) is 0. The van der Waals surface area contributed by atoms with Gasteiger partial charge in [0.25, 0.3) is 5.91 Å². The first kappa shape index (κ1) is 67.0. The van der Waals surface area contributed by atoms with Gasteiger partial charge in [0.2, 0.25) is 0 Å². The van der Waals surface area contributed by atoms with E-state index in [4.69, 9.17) is 67.1 Å². The Morgan fingerprint density at radius 1 is 0.345 bits per heavy atom. The number of carbonyl (C=O) groups is 1. The molecule has 18 nitrogen and oxygen atoms in total. The molecule has 0 saturated carbocycles. The van der Waals surface area contributed by atoms with Crippen LogP contribution in [0.15, 0.2) is 205 Å². The van der Waals surface area contributed by atoms with Crippen molar-refractivity contribution in [3.05, 3.63) is 250 Å². The number of azide groups is 1. The molecule has 0 heterocycles. The highest BCUT2D eigenvalue weighted by Gasteiger charge is 2.38. The van der Waals surface area contributed by atoms with Gasteiger partial charge in [-0.3, -0.25) is 4.79 Å². The number of carbonyl (C=O) groups excluding carboxylic acids is 1. The third-order valence-electron chi connectivity index (χ3n) is 13.5. The summed E-state index contributed by atoms with van der Waals surface area (Å²) in [6, 6.07) is 66.6. The zero-order chi connectivity index (χ0) is 60.4. The highest BCUT2D eigenvalue weighted by atomic mass is 16.6. The lowest BCUT2D eigenvalue weighted by atomic mass is 9.80. The number of hydrogen-bond acceptors (Lipinski definition) is 15. The van der Waals surface area contributed by atoms with Crippen molar-refractivity contribution in [2.75, 3.05) is 158 Å². The lowest BCUT2D eigenvalue weighted by Gasteiger charge is -2.36. The van der Waals surface area contributed by atoms with E-state index in [1.807, 2.05) is 109 Å². The average molecular weight is 1190 g/mol. The minimum atomic E-state index is -0.808. The third kappa shape index (κ3) is 22.9. The van der Waals surface area contributed by atoms with Crippen molar-refractivity contribution in [1.29, 1.82) is 0 Å². The van der Waals surface area contributed by atoms with Crippen molar-refractivity contribution >= 4 is 5.91 Å². The summed E-state index contributed by atoms with van der Waals surface area (Å²) in [6.45, 7) is 8.21. The first-order valence-corrected chi connectivity index (χ1v) is 29.6. The summed E-state index contributed by atoms with van der Waals surface area (Å²) in [6.07, 6.45) is 0. The third-order valence-corrected chi connectivity index (χ3v) is 13.5. The Morgan fingerprint density at radius 2 is 0.609 bits per heavy atom. The minimum absolute atomic E-state index is 0.223. The molecule has 0 unspecified atom stereocenters. The molecule has 0 aliphatic carbocycles. The van der Waals surface area contributed by atoms with Crippen molar-refractivity contribution in [3.63, 3.8) is 0 Å². The first-order chi connectivity index (χ1) is 43.1. The van der Waals surface area contributed by atoms with Crippen molar-refractivity contribution in [1.82, 2.24) is 5.32 Å². The smallest absolute Gasteiger partial charge is 0.251 e. The standard InChI is InChI=1S/C69H82N4O14/c70-73-72-32-34-76-36-38-77-37-35-75-33-31-71-67(74)58-55-65(84-51-47-80-43-39-78-41-45-82-49-53-86-68(59-19-7-1-8-20-59,60-21-9-2-10-22-60)61-23-11-3-12-24-61)57-66(56-58)85-52-48-81-44-40-79-42-46-83-50-54-87-69(62-25-13-4-14-26-62,63-27-15-5-16-28-63)64-29-17-6-18-30-64/h1-30,55-57H,31-54H2,(H,71,74). The van der Waals surface area contributed by atoms with Gasteiger partial charge in [0, 0.05) is 29.6 Å². The molecule has 7 aromatic carbocycles. The fourth-order valence-corrected chi connectivity index (χ4v) is 9.47. The monoisotopic (exact) mass is 1190 g/mol. The summed E-state index contributed by atoms with van der Waals surface area (Å²) >= 11 is 0. The molecular formula is C69H82N4O14. The lowest BCUT2D eigenvalue weighted by Crippen LogP contribution is -2.34. The molecule has 462 valence electrons. The molecule has 0 bridgehead atoms. The maximum absolute atomic E-state index is 13.4. The molecule has 0 saturated heterocycles. The van der Waals surface area contributed by atoms with Gasteiger partial charge in [-0.25, -0.2) is 0 Å². The fraction of sp³-hybridized carbons (Fsp3) is 0.377. The molecule has 18 heteroatoms. The van der Waals surface area contributed by atoms with Crippen LogP contribution in [0.5, 0.6) is 11.5 Å². The molecule has 0 aliphatic heterocycles. The molecule has 1 N–H and O–H groups in total. The average Bonchev–Trinajstić information content (AvgIpc) is 1.11. The van der Waals surface area contributed by atoms with E-state index in [0.717, 1.165) is 33.4 Å². The van der Waals surface area contributed by atoms with Gasteiger partial charge in [0.15, 0.2) is 0 Å². The Hall–Kier alpha value is -7.52. The predicted molar refractivity (Wildman–Crippen MR) is 331 cm³/mol. The van der Waals surface area contributed by atoms with Gasteiger partial charge in [-0.2, -0.15) is 0 Å². The number of rotatable bonds is 47. The number of hydrogen-bond donors (Lipinski definition) is 1. The second kappa shape index (κ2) is 40.8. The van der Waals surface area contributed by atoms with Crippen LogP contribution >= 0.6 is 0 Å². The van der Waals surface area contributed by atoms with E-state index in [-0.39, 0.29) is 52.0 Å². The van der Waals surface area contributed by atoms with Crippen LogP contribution in [0.2, 0.25) is 0 Å². The van der Waals surface area contributed by atoms with E-state index in [0.29, 0.717) is 129 Å². The fourth-order valence-electron chi connectivity index (χ4n) is 9.47. The molecule has 0 aromatic heterocycles. The van der Waals surface area contributed by atoms with Gasteiger partial charge < -0.3 is 66.9 Å². The molecule has 7 aromatic rings. The van der Waals surface area contributed by atoms with Crippen LogP contribution in [0.4, 0.5) is 0 Å². The van der Waals surface area contributed by atoms with Gasteiger partial charge in [0.05, 0.1) is 132 Å². The quantitative estimate of drug-likeness (QED) is 0.0124. The van der Waals surface area contributed by atoms with Crippen molar-refractivity contribution in [3.8, 4) is 11.5 Å². The van der Waals surface area contributed by atoms with Crippen LogP contribution in [0, 0.1) is 0 Å². The Labute approximate surface area is 511 Å². The second-order valence-corrected chi connectivity index (χ2v) is 19.4. The van der Waals surface area contributed by atoms with E-state index < -0.39 is 11.2 Å². The number of amides is 1. The van der Waals surface area contributed by atoms with Crippen LogP contribution in [-0.4, -0.2) is 164 Å². The van der Waals surface area contributed by atoms with Gasteiger partial charge in [-0.05, 0) is 51.0 Å². The summed E-state index contributed by atoms with van der Waals surface area (Å²) < 4.78 is 77.2. The molecule has 1 amide bonds. The van der Waals surface area contributed by atoms with Gasteiger partial charge in [0.1, 0.15) is 35.9 Å². The zero-order valence-corrected chi connectivity index (χ0v) is 49.6. The molecule has 7 rings (SSSR count). The number of nitrogens with zero attached hydrogens (tertiary/aromatic N) is 3. The summed E-state index contributed by atoms with van der Waals surface area (Å²) in [5.41, 5.74) is 13.3. The van der Waals surface area contributed by atoms with Crippen LogP contribution in [-0.2, 0) is 63.3 Å². The Morgan fingerprint density at radius 3 is 0.908 bits per heavy atom. The van der Waals surface area contributed by atoms with Crippen LogP contribution in [0.1, 0.15) is 43.7 Å². The van der Waals surface area contributed by atoms with E-state index >= 15 is 0 Å². The number of nitrogens with one attached hydrogen (secondary N) is 1. The van der Waals surface area contributed by atoms with Crippen LogP contribution < -0.4 is 14.8 Å². The van der Waals surface area contributed by atoms with E-state index in [1.165, 1.54) is 0 Å². The van der Waals surface area contributed by atoms with Crippen molar-refractivity contribution in [2.45, 2.75) is 11.2 Å². The van der Waals surface area contributed by atoms with Crippen LogP contribution in [0.25, 0.3) is 10.4 Å². The van der Waals surface area contributed by atoms with Gasteiger partial charge in [-0.15, -0.1) is 0 Å². The molecular weight excluding hydrogens is 1110 g/mol. The number of benzene rings is 7. The maximum Gasteiger partial charge on any atom is 0.251 e. The highest BCUT2D eigenvalue weighted by molar-refractivity contribution is 5.95. The van der Waals surface area contributed by atoms with Gasteiger partial charge in [-0.1, -0.05) is 187 Å². The second-order valence-electron chi connectivity index (χ2n) is 19.4. The minimum Gasteiger partial charge on any atom is -0.491 e. The van der Waals surface area contributed by atoms with Crippen molar-refractivity contribution < 1.29 is 66.4 Å². The topological polar surface area (TPSA) is 198 Å². The predicted octanol–water partition coefficient (Wildman–Crippen LogP) is 10.7. The summed E-state index contributed by atoms with van der Waals surface area (Å²) in [5, 5.41) is 6.31. The molecule has 87 heavy (non-hydrogen) atoms. The summed E-state index contributed by atoms with van der Waals surface area (Å²) in [5.74, 6) is 0.555. The van der Waals surface area contributed by atoms with Crippen LogP contribution in [0.3, 0.4) is 0 Å². The van der Waals surface area contributed by atoms with E-state index in [1.54, 1.807) is 18.2 Å². The lowest BCUT2D eigenvalue weighted by molar-refractivity contribution is -0.0373. The van der Waals surface area contributed by atoms with Crippen molar-refractivity contribution in [2.24, 2.45) is 5.11 Å². The number of ether oxygens (including phenoxy) is 13. The molecule has 0 atom stereocenters. The SMILES string of the molecule is [N-]=[N+]=NCCOCCOCCOCCNC(=O)c1cc(OCCOCCOCCOCCOC(c2ccccc2)(c2ccccc2)c2ccccc2)cc(OCCOCCOCCOCCOC(c2ccccc2)(c2ccccc2)c2ccccc2)c1. The van der Waals surface area contributed by atoms with E-state index in [9.17, 15) is 4.79 Å². The highest BCUT2D eigenvalue weighted by Crippen LogP contribution is 2.42. The summed E-state index contributed by atoms with van der Waals surface area (Å²) in [4.78, 5) is 16.0. The first-order valence-electron chi connectivity index (χ1n) is 29.6. The molecule has 0 radical (unpaired) electrons. The molecule has 0 aliphatic rings. The van der Waals surface area contributed by atoms with Gasteiger partial charge >= 0.3 is 0 Å².